The van der Waals surface area contributed by atoms with E-state index in [0.29, 0.717) is 6.54 Å². The molecule has 2 aromatic rings. The molecule has 2 rings (SSSR count). The zero-order chi connectivity index (χ0) is 11.8. The minimum Gasteiger partial charge on any atom is -0.315 e. The number of aryl methyl sites for hydroxylation is 1. The van der Waals surface area contributed by atoms with Gasteiger partial charge in [-0.3, -0.25) is 0 Å². The van der Waals surface area contributed by atoms with E-state index >= 15 is 0 Å². The molecule has 0 bridgehead atoms. The summed E-state index contributed by atoms with van der Waals surface area (Å²) in [6.45, 7) is 2.68. The fourth-order valence-corrected chi connectivity index (χ4v) is 2.63. The molecule has 5 heteroatoms. The first-order valence-electron chi connectivity index (χ1n) is 5.19. The highest BCUT2D eigenvalue weighted by molar-refractivity contribution is 7.90. The molecule has 0 atom stereocenters. The molecule has 0 saturated carbocycles. The Morgan fingerprint density at radius 3 is 2.62 bits per heavy atom. The SMILES string of the molecule is CCCn1c(S(C)(=O)=O)nc2ccccc21. The number of rotatable bonds is 3. The highest BCUT2D eigenvalue weighted by Crippen LogP contribution is 2.19. The molecule has 1 aromatic heterocycles. The van der Waals surface area contributed by atoms with E-state index < -0.39 is 9.84 Å². The summed E-state index contributed by atoms with van der Waals surface area (Å²) in [4.78, 5) is 4.18. The summed E-state index contributed by atoms with van der Waals surface area (Å²) in [7, 11) is -3.27. The van der Waals surface area contributed by atoms with E-state index in [-0.39, 0.29) is 5.16 Å². The third-order valence-electron chi connectivity index (χ3n) is 2.40. The fourth-order valence-electron chi connectivity index (χ4n) is 1.78. The van der Waals surface area contributed by atoms with E-state index in [4.69, 9.17) is 0 Å². The van der Waals surface area contributed by atoms with Crippen LogP contribution in [0.2, 0.25) is 0 Å². The van der Waals surface area contributed by atoms with Gasteiger partial charge in [0.25, 0.3) is 0 Å². The van der Waals surface area contributed by atoms with Gasteiger partial charge >= 0.3 is 0 Å². The van der Waals surface area contributed by atoms with Crippen molar-refractivity contribution in [1.82, 2.24) is 9.55 Å². The summed E-state index contributed by atoms with van der Waals surface area (Å²) in [5.41, 5.74) is 1.61. The maximum absolute atomic E-state index is 11.6. The molecule has 0 N–H and O–H groups in total. The number of imidazole rings is 1. The van der Waals surface area contributed by atoms with E-state index in [1.807, 2.05) is 31.2 Å². The second kappa shape index (κ2) is 3.90. The van der Waals surface area contributed by atoms with Crippen molar-refractivity contribution >= 4 is 20.9 Å². The van der Waals surface area contributed by atoms with Crippen LogP contribution in [0.25, 0.3) is 11.0 Å². The minimum absolute atomic E-state index is 0.163. The van der Waals surface area contributed by atoms with E-state index in [9.17, 15) is 8.42 Å². The number of fused-ring (bicyclic) bond motifs is 1. The molecule has 0 spiro atoms. The first kappa shape index (κ1) is 11.1. The van der Waals surface area contributed by atoms with Crippen molar-refractivity contribution in [2.45, 2.75) is 25.0 Å². The van der Waals surface area contributed by atoms with Crippen LogP contribution in [-0.2, 0) is 16.4 Å². The van der Waals surface area contributed by atoms with Gasteiger partial charge in [-0.2, -0.15) is 0 Å². The Morgan fingerprint density at radius 2 is 2.00 bits per heavy atom. The van der Waals surface area contributed by atoms with Crippen LogP contribution in [0.15, 0.2) is 29.4 Å². The van der Waals surface area contributed by atoms with Gasteiger partial charge < -0.3 is 4.57 Å². The second-order valence-corrected chi connectivity index (χ2v) is 5.72. The zero-order valence-corrected chi connectivity index (χ0v) is 10.2. The number of aromatic nitrogens is 2. The van der Waals surface area contributed by atoms with Crippen LogP contribution in [0.1, 0.15) is 13.3 Å². The third-order valence-corrected chi connectivity index (χ3v) is 3.37. The Hall–Kier alpha value is -1.36. The van der Waals surface area contributed by atoms with Gasteiger partial charge in [0, 0.05) is 12.8 Å². The largest absolute Gasteiger partial charge is 0.315 e. The monoisotopic (exact) mass is 238 g/mol. The zero-order valence-electron chi connectivity index (χ0n) is 9.34. The van der Waals surface area contributed by atoms with Crippen LogP contribution in [-0.4, -0.2) is 24.2 Å². The molecule has 1 aromatic carbocycles. The first-order chi connectivity index (χ1) is 7.54. The normalized spacial score (nSPS) is 12.1. The summed E-state index contributed by atoms with van der Waals surface area (Å²) in [6, 6.07) is 7.47. The standard InChI is InChI=1S/C11H14N2O2S/c1-3-8-13-10-7-5-4-6-9(10)12-11(13)16(2,14)15/h4-7H,3,8H2,1-2H3. The minimum atomic E-state index is -3.27. The lowest BCUT2D eigenvalue weighted by Gasteiger charge is -2.05. The summed E-state index contributed by atoms with van der Waals surface area (Å²) < 4.78 is 25.0. The van der Waals surface area contributed by atoms with Crippen molar-refractivity contribution in [1.29, 1.82) is 0 Å². The smallest absolute Gasteiger partial charge is 0.228 e. The number of hydrogen-bond acceptors (Lipinski definition) is 3. The first-order valence-corrected chi connectivity index (χ1v) is 7.08. The van der Waals surface area contributed by atoms with Crippen LogP contribution in [0.5, 0.6) is 0 Å². The lowest BCUT2D eigenvalue weighted by Crippen LogP contribution is -2.09. The van der Waals surface area contributed by atoms with Crippen molar-refractivity contribution in [3.05, 3.63) is 24.3 Å². The summed E-state index contributed by atoms with van der Waals surface area (Å²) in [5.74, 6) is 0. The van der Waals surface area contributed by atoms with Gasteiger partial charge in [0.05, 0.1) is 11.0 Å². The topological polar surface area (TPSA) is 52.0 Å². The number of para-hydroxylation sites is 2. The number of sulfone groups is 1. The Labute approximate surface area is 94.8 Å². The van der Waals surface area contributed by atoms with E-state index in [0.717, 1.165) is 17.5 Å². The molecule has 16 heavy (non-hydrogen) atoms. The van der Waals surface area contributed by atoms with Gasteiger partial charge in [-0.1, -0.05) is 19.1 Å². The van der Waals surface area contributed by atoms with Crippen molar-refractivity contribution in [2.24, 2.45) is 0 Å². The molecule has 0 radical (unpaired) electrons. The van der Waals surface area contributed by atoms with Gasteiger partial charge in [0.15, 0.2) is 0 Å². The molecule has 0 aliphatic carbocycles. The Morgan fingerprint density at radius 1 is 1.31 bits per heavy atom. The molecule has 0 amide bonds. The number of benzene rings is 1. The van der Waals surface area contributed by atoms with Gasteiger partial charge in [-0.05, 0) is 18.6 Å². The van der Waals surface area contributed by atoms with Gasteiger partial charge in [0.1, 0.15) is 0 Å². The summed E-state index contributed by atoms with van der Waals surface area (Å²) in [5, 5.41) is 0.163. The molecule has 0 fully saturated rings. The molecule has 0 aliphatic heterocycles. The fraction of sp³-hybridized carbons (Fsp3) is 0.364. The van der Waals surface area contributed by atoms with Crippen LogP contribution >= 0.6 is 0 Å². The average Bonchev–Trinajstić information content (AvgIpc) is 2.58. The van der Waals surface area contributed by atoms with Gasteiger partial charge in [-0.15, -0.1) is 0 Å². The van der Waals surface area contributed by atoms with E-state index in [1.165, 1.54) is 6.26 Å². The van der Waals surface area contributed by atoms with Crippen molar-refractivity contribution in [2.75, 3.05) is 6.26 Å². The molecule has 0 unspecified atom stereocenters. The molecule has 4 nitrogen and oxygen atoms in total. The molecule has 0 saturated heterocycles. The van der Waals surface area contributed by atoms with E-state index in [2.05, 4.69) is 4.98 Å². The average molecular weight is 238 g/mol. The molecule has 0 aliphatic rings. The molecular weight excluding hydrogens is 224 g/mol. The highest BCUT2D eigenvalue weighted by Gasteiger charge is 2.18. The third kappa shape index (κ3) is 1.82. The summed E-state index contributed by atoms with van der Waals surface area (Å²) in [6.07, 6.45) is 2.07. The predicted octanol–water partition coefficient (Wildman–Crippen LogP) is 1.85. The Kier molecular flexibility index (Phi) is 2.71. The van der Waals surface area contributed by atoms with Crippen LogP contribution in [0.4, 0.5) is 0 Å². The Balaban J connectivity index is 2.78. The maximum atomic E-state index is 11.6. The van der Waals surface area contributed by atoms with Gasteiger partial charge in [-0.25, -0.2) is 13.4 Å². The lowest BCUT2D eigenvalue weighted by atomic mass is 10.3. The highest BCUT2D eigenvalue weighted by atomic mass is 32.2. The summed E-state index contributed by atoms with van der Waals surface area (Å²) >= 11 is 0. The number of hydrogen-bond donors (Lipinski definition) is 0. The van der Waals surface area contributed by atoms with Crippen LogP contribution in [0.3, 0.4) is 0 Å². The van der Waals surface area contributed by atoms with Crippen molar-refractivity contribution in [3.63, 3.8) is 0 Å². The maximum Gasteiger partial charge on any atom is 0.228 e. The van der Waals surface area contributed by atoms with Crippen molar-refractivity contribution < 1.29 is 8.42 Å². The lowest BCUT2D eigenvalue weighted by molar-refractivity contribution is 0.568. The predicted molar refractivity (Wildman–Crippen MR) is 63.1 cm³/mol. The Bertz CT molecular complexity index is 614. The second-order valence-electron chi connectivity index (χ2n) is 3.81. The van der Waals surface area contributed by atoms with Gasteiger partial charge in [0.2, 0.25) is 15.0 Å². The molecular formula is C11H14N2O2S. The quantitative estimate of drug-likeness (QED) is 0.820. The number of nitrogens with zero attached hydrogens (tertiary/aromatic N) is 2. The molecule has 86 valence electrons. The van der Waals surface area contributed by atoms with Crippen LogP contribution < -0.4 is 0 Å². The van der Waals surface area contributed by atoms with Crippen molar-refractivity contribution in [3.8, 4) is 0 Å². The van der Waals surface area contributed by atoms with Crippen LogP contribution in [0, 0.1) is 0 Å². The van der Waals surface area contributed by atoms with E-state index in [1.54, 1.807) is 4.57 Å². The molecule has 1 heterocycles.